The monoisotopic (exact) mass is 307 g/mol. The van der Waals surface area contributed by atoms with E-state index in [1.807, 2.05) is 6.92 Å². The topological polar surface area (TPSA) is 101 Å². The van der Waals surface area contributed by atoms with Crippen molar-refractivity contribution < 1.29 is 44.0 Å². The normalized spacial score (nSPS) is 11.3. The number of hydrogen-bond donors (Lipinski definition) is 1. The van der Waals surface area contributed by atoms with E-state index in [4.69, 9.17) is 9.78 Å². The molecule has 0 saturated heterocycles. The van der Waals surface area contributed by atoms with Crippen molar-refractivity contribution in [2.75, 3.05) is 6.54 Å². The Morgan fingerprint density at radius 2 is 2.18 bits per heavy atom. The predicted molar refractivity (Wildman–Crippen MR) is 77.3 cm³/mol. The number of nitriles is 1. The van der Waals surface area contributed by atoms with Gasteiger partial charge in [-0.15, -0.1) is 6.54 Å². The van der Waals surface area contributed by atoms with Gasteiger partial charge in [0.2, 0.25) is 0 Å². The van der Waals surface area contributed by atoms with Gasteiger partial charge in [-0.25, -0.2) is 0 Å². The molecule has 1 amide bonds. The van der Waals surface area contributed by atoms with Crippen molar-refractivity contribution in [2.24, 2.45) is 0 Å². The molecule has 0 fully saturated rings. The average molecular weight is 307 g/mol. The molecule has 1 aromatic carbocycles. The average Bonchev–Trinajstić information content (AvgIpc) is 2.92. The summed E-state index contributed by atoms with van der Waals surface area (Å²) >= 11 is 0. The number of aliphatic hydroxyl groups is 1. The molecule has 0 aliphatic carbocycles. The number of unbranched alkanes of at least 4 members (excludes halogenated alkanes) is 1. The van der Waals surface area contributed by atoms with Crippen LogP contribution in [0, 0.1) is 11.3 Å². The van der Waals surface area contributed by atoms with Crippen LogP contribution in [-0.4, -0.2) is 22.7 Å². The minimum Gasteiger partial charge on any atom is -0.648 e. The first kappa shape index (κ1) is 18.2. The number of amides is 1. The Bertz CT molecular complexity index is 731. The molecule has 0 atom stereocenters. The molecule has 2 rings (SSSR count). The molecule has 1 aromatic heterocycles. The second-order valence-electron chi connectivity index (χ2n) is 4.40. The second-order valence-corrected chi connectivity index (χ2v) is 4.40. The first-order chi connectivity index (χ1) is 10.2. The predicted octanol–water partition coefficient (Wildman–Crippen LogP) is 0.325. The van der Waals surface area contributed by atoms with Crippen LogP contribution in [0.4, 0.5) is 0 Å². The Labute approximate surface area is 150 Å². The number of carbonyl (C=O) groups is 1. The maximum Gasteiger partial charge on any atom is 1.00 e. The first-order valence-electron chi connectivity index (χ1n) is 6.59. The second kappa shape index (κ2) is 8.59. The molecular weight excluding hydrogens is 293 g/mol. The fourth-order valence-corrected chi connectivity index (χ4v) is 1.79. The van der Waals surface area contributed by atoms with E-state index < -0.39 is 17.2 Å². The summed E-state index contributed by atoms with van der Waals surface area (Å²) in [4.78, 5) is 11.9. The molecule has 22 heavy (non-hydrogen) atoms. The van der Waals surface area contributed by atoms with Crippen LogP contribution in [0.5, 0.6) is 0 Å². The van der Waals surface area contributed by atoms with Crippen LogP contribution in [0.15, 0.2) is 34.4 Å². The third kappa shape index (κ3) is 3.89. The van der Waals surface area contributed by atoms with E-state index in [0.29, 0.717) is 17.5 Å². The van der Waals surface area contributed by atoms with Gasteiger partial charge in [0.25, 0.3) is 0 Å². The molecule has 0 unspecified atom stereocenters. The minimum atomic E-state index is -0.740. The number of fused-ring (bicyclic) bond motifs is 1. The van der Waals surface area contributed by atoms with Crippen LogP contribution in [0.25, 0.3) is 22.0 Å². The van der Waals surface area contributed by atoms with Crippen LogP contribution < -0.4 is 29.6 Å². The number of benzene rings is 1. The van der Waals surface area contributed by atoms with E-state index in [-0.39, 0.29) is 35.3 Å². The summed E-state index contributed by atoms with van der Waals surface area (Å²) in [6.45, 7) is 2.30. The number of rotatable bonds is 5. The van der Waals surface area contributed by atoms with Gasteiger partial charge < -0.3 is 19.7 Å². The molecule has 1 N–H and O–H groups in total. The zero-order chi connectivity index (χ0) is 15.2. The Kier molecular flexibility index (Phi) is 7.12. The van der Waals surface area contributed by atoms with E-state index in [9.17, 15) is 9.90 Å². The van der Waals surface area contributed by atoms with Crippen molar-refractivity contribution in [1.82, 2.24) is 5.16 Å². The third-order valence-electron chi connectivity index (χ3n) is 2.93. The number of carbonyl (C=O) groups excluding carboxylic acids is 1. The molecular formula is C15H14N3NaO3. The summed E-state index contributed by atoms with van der Waals surface area (Å²) in [7, 11) is 0. The van der Waals surface area contributed by atoms with Crippen LogP contribution in [-0.2, 0) is 4.79 Å². The molecule has 1 heterocycles. The summed E-state index contributed by atoms with van der Waals surface area (Å²) in [5.74, 6) is -1.25. The summed E-state index contributed by atoms with van der Waals surface area (Å²) in [5.41, 5.74) is 0.109. The van der Waals surface area contributed by atoms with Crippen molar-refractivity contribution >= 4 is 22.6 Å². The number of para-hydroxylation sites is 1. The summed E-state index contributed by atoms with van der Waals surface area (Å²) < 4.78 is 5.05. The van der Waals surface area contributed by atoms with Gasteiger partial charge in [-0.1, -0.05) is 37.1 Å². The maximum absolute atomic E-state index is 11.9. The molecule has 0 aliphatic rings. The van der Waals surface area contributed by atoms with Gasteiger partial charge in [0.1, 0.15) is 11.6 Å². The zero-order valence-electron chi connectivity index (χ0n) is 12.5. The molecule has 6 nitrogen and oxygen atoms in total. The zero-order valence-corrected chi connectivity index (χ0v) is 14.5. The SMILES string of the molecule is CCCC[N-]C(=O)C(C#N)=C(O)c1noc2ccccc12.[Na+]. The molecule has 108 valence electrons. The van der Waals surface area contributed by atoms with Crippen molar-refractivity contribution in [2.45, 2.75) is 19.8 Å². The number of aromatic nitrogens is 1. The van der Waals surface area contributed by atoms with E-state index in [1.165, 1.54) is 0 Å². The van der Waals surface area contributed by atoms with Crippen molar-refractivity contribution in [1.29, 1.82) is 5.26 Å². The first-order valence-corrected chi connectivity index (χ1v) is 6.59. The minimum absolute atomic E-state index is 0. The molecule has 0 saturated carbocycles. The Hall–Kier alpha value is -1.81. The molecule has 0 radical (unpaired) electrons. The van der Waals surface area contributed by atoms with Crippen molar-refractivity contribution in [3.63, 3.8) is 0 Å². The van der Waals surface area contributed by atoms with Gasteiger partial charge in [0.05, 0.1) is 11.3 Å². The van der Waals surface area contributed by atoms with Gasteiger partial charge in [-0.05, 0) is 12.1 Å². The third-order valence-corrected chi connectivity index (χ3v) is 2.93. The van der Waals surface area contributed by atoms with Crippen LogP contribution in [0.3, 0.4) is 0 Å². The van der Waals surface area contributed by atoms with E-state index >= 15 is 0 Å². The van der Waals surface area contributed by atoms with Gasteiger partial charge >= 0.3 is 29.6 Å². The number of nitrogens with zero attached hydrogens (tertiary/aromatic N) is 3. The quantitative estimate of drug-likeness (QED) is 0.282. The van der Waals surface area contributed by atoms with Crippen LogP contribution in [0.1, 0.15) is 25.5 Å². The Morgan fingerprint density at radius 3 is 2.86 bits per heavy atom. The molecule has 2 aromatic rings. The van der Waals surface area contributed by atoms with Gasteiger partial charge in [0, 0.05) is 0 Å². The maximum atomic E-state index is 11.9. The molecule has 7 heteroatoms. The van der Waals surface area contributed by atoms with E-state index in [0.717, 1.165) is 12.8 Å². The van der Waals surface area contributed by atoms with Crippen LogP contribution >= 0.6 is 0 Å². The smallest absolute Gasteiger partial charge is 0.648 e. The van der Waals surface area contributed by atoms with Gasteiger partial charge in [-0.3, -0.25) is 0 Å². The van der Waals surface area contributed by atoms with E-state index in [2.05, 4.69) is 10.5 Å². The molecule has 0 spiro atoms. The van der Waals surface area contributed by atoms with E-state index in [1.54, 1.807) is 30.3 Å². The molecule has 0 bridgehead atoms. The summed E-state index contributed by atoms with van der Waals surface area (Å²) in [6, 6.07) is 8.56. The fourth-order valence-electron chi connectivity index (χ4n) is 1.79. The largest absolute Gasteiger partial charge is 1.00 e. The Morgan fingerprint density at radius 1 is 1.45 bits per heavy atom. The van der Waals surface area contributed by atoms with Crippen molar-refractivity contribution in [3.8, 4) is 6.07 Å². The number of aliphatic hydroxyl groups excluding tert-OH is 1. The Balaban J connectivity index is 0.00000242. The fraction of sp³-hybridized carbons (Fsp3) is 0.267. The van der Waals surface area contributed by atoms with Gasteiger partial charge in [-0.2, -0.15) is 5.26 Å². The van der Waals surface area contributed by atoms with Gasteiger partial charge in [0.15, 0.2) is 17.0 Å². The molecule has 0 aliphatic heterocycles. The van der Waals surface area contributed by atoms with Crippen molar-refractivity contribution in [3.05, 3.63) is 40.8 Å². The summed E-state index contributed by atoms with van der Waals surface area (Å²) in [5, 5.41) is 27.2. The standard InChI is InChI=1S/C15H15N3O3.Na/c1-2-3-8-17-15(20)11(9-16)14(19)13-10-6-4-5-7-12(10)21-18-13;/h4-7H,2-3,8H2,1H3,(H2,17,19,20);/q;+1/p-1. The summed E-state index contributed by atoms with van der Waals surface area (Å²) in [6.07, 6.45) is 1.64. The van der Waals surface area contributed by atoms with Crippen LogP contribution in [0.2, 0.25) is 0 Å². The number of hydrogen-bond acceptors (Lipinski definition) is 5.